The van der Waals surface area contributed by atoms with Crippen molar-refractivity contribution in [2.75, 3.05) is 31.1 Å². The smallest absolute Gasteiger partial charge is 0.267 e. The Kier molecular flexibility index (Phi) is 5.33. The van der Waals surface area contributed by atoms with Gasteiger partial charge in [0.05, 0.1) is 5.69 Å². The van der Waals surface area contributed by atoms with Crippen LogP contribution in [-0.2, 0) is 11.3 Å². The van der Waals surface area contributed by atoms with E-state index in [1.807, 2.05) is 18.2 Å². The van der Waals surface area contributed by atoms with E-state index in [4.69, 9.17) is 0 Å². The van der Waals surface area contributed by atoms with Gasteiger partial charge < -0.3 is 9.80 Å². The average molecular weight is 393 g/mol. The van der Waals surface area contributed by atoms with Crippen LogP contribution in [0.3, 0.4) is 0 Å². The number of hydrogen-bond acceptors (Lipinski definition) is 5. The predicted molar refractivity (Wildman–Crippen MR) is 107 cm³/mol. The first-order chi connectivity index (χ1) is 14.1. The minimum absolute atomic E-state index is 0.128. The van der Waals surface area contributed by atoms with Crippen LogP contribution in [0.4, 0.5) is 10.2 Å². The van der Waals surface area contributed by atoms with Gasteiger partial charge >= 0.3 is 0 Å². The van der Waals surface area contributed by atoms with Gasteiger partial charge in [-0.15, -0.1) is 0 Å². The Labute approximate surface area is 167 Å². The molecule has 0 N–H and O–H groups in total. The second-order valence-electron chi connectivity index (χ2n) is 6.78. The fourth-order valence-corrected chi connectivity index (χ4v) is 3.29. The average Bonchev–Trinajstić information content (AvgIpc) is 2.76. The lowest BCUT2D eigenvalue weighted by molar-refractivity contribution is -0.132. The summed E-state index contributed by atoms with van der Waals surface area (Å²) in [5.74, 6) is 0.392. The molecule has 1 aromatic carbocycles. The van der Waals surface area contributed by atoms with Gasteiger partial charge in [-0.2, -0.15) is 5.10 Å². The van der Waals surface area contributed by atoms with Crippen molar-refractivity contribution in [3.8, 4) is 11.3 Å². The SMILES string of the molecule is O=C(Cn1nc(-c2ccc(F)cc2)ccc1=O)N1CCN(c2ccccn2)CC1. The highest BCUT2D eigenvalue weighted by molar-refractivity contribution is 5.76. The third kappa shape index (κ3) is 4.31. The number of hydrogen-bond donors (Lipinski definition) is 0. The van der Waals surface area contributed by atoms with Crippen LogP contribution >= 0.6 is 0 Å². The van der Waals surface area contributed by atoms with E-state index in [0.717, 1.165) is 10.5 Å². The summed E-state index contributed by atoms with van der Waals surface area (Å²) in [5, 5.41) is 4.28. The summed E-state index contributed by atoms with van der Waals surface area (Å²) in [7, 11) is 0. The summed E-state index contributed by atoms with van der Waals surface area (Å²) in [4.78, 5) is 33.1. The first-order valence-electron chi connectivity index (χ1n) is 9.38. The van der Waals surface area contributed by atoms with Gasteiger partial charge in [0.2, 0.25) is 5.91 Å². The van der Waals surface area contributed by atoms with Gasteiger partial charge in [-0.3, -0.25) is 9.59 Å². The normalized spacial score (nSPS) is 14.1. The van der Waals surface area contributed by atoms with Gasteiger partial charge in [0.25, 0.3) is 5.56 Å². The molecule has 0 spiro atoms. The number of amides is 1. The highest BCUT2D eigenvalue weighted by atomic mass is 19.1. The molecular weight excluding hydrogens is 373 g/mol. The monoisotopic (exact) mass is 393 g/mol. The van der Waals surface area contributed by atoms with Crippen molar-refractivity contribution in [1.82, 2.24) is 19.7 Å². The van der Waals surface area contributed by atoms with Crippen LogP contribution in [0.25, 0.3) is 11.3 Å². The number of rotatable bonds is 4. The molecule has 1 saturated heterocycles. The third-order valence-corrected chi connectivity index (χ3v) is 4.90. The Morgan fingerprint density at radius 1 is 0.966 bits per heavy atom. The summed E-state index contributed by atoms with van der Waals surface area (Å²) in [6, 6.07) is 14.5. The van der Waals surface area contributed by atoms with Gasteiger partial charge in [0.15, 0.2) is 0 Å². The summed E-state index contributed by atoms with van der Waals surface area (Å²) < 4.78 is 14.3. The third-order valence-electron chi connectivity index (χ3n) is 4.90. The fourth-order valence-electron chi connectivity index (χ4n) is 3.29. The maximum Gasteiger partial charge on any atom is 0.267 e. The van der Waals surface area contributed by atoms with Gasteiger partial charge in [0, 0.05) is 44.0 Å². The molecule has 0 aliphatic carbocycles. The molecule has 2 aromatic heterocycles. The number of piperazine rings is 1. The molecule has 1 amide bonds. The lowest BCUT2D eigenvalue weighted by atomic mass is 10.1. The molecule has 1 aliphatic rings. The Morgan fingerprint density at radius 2 is 1.72 bits per heavy atom. The van der Waals surface area contributed by atoms with Crippen molar-refractivity contribution >= 4 is 11.7 Å². The Hall–Kier alpha value is -3.55. The number of pyridine rings is 1. The van der Waals surface area contributed by atoms with Crippen molar-refractivity contribution in [3.63, 3.8) is 0 Å². The summed E-state index contributed by atoms with van der Waals surface area (Å²) in [5.41, 5.74) is 0.838. The number of anilines is 1. The maximum absolute atomic E-state index is 13.1. The van der Waals surface area contributed by atoms with E-state index in [1.165, 1.54) is 18.2 Å². The summed E-state index contributed by atoms with van der Waals surface area (Å²) in [6.07, 6.45) is 1.75. The second kappa shape index (κ2) is 8.22. The number of carbonyl (C=O) groups excluding carboxylic acids is 1. The lowest BCUT2D eigenvalue weighted by Crippen LogP contribution is -2.50. The molecule has 0 saturated carbocycles. The van der Waals surface area contributed by atoms with E-state index < -0.39 is 0 Å². The zero-order chi connectivity index (χ0) is 20.2. The molecule has 4 rings (SSSR count). The molecule has 0 bridgehead atoms. The van der Waals surface area contributed by atoms with Gasteiger partial charge in [-0.05, 0) is 42.5 Å². The molecule has 0 radical (unpaired) electrons. The van der Waals surface area contributed by atoms with E-state index in [1.54, 1.807) is 29.3 Å². The minimum atomic E-state index is -0.351. The Balaban J connectivity index is 1.43. The minimum Gasteiger partial charge on any atom is -0.353 e. The fraction of sp³-hybridized carbons (Fsp3) is 0.238. The van der Waals surface area contributed by atoms with Gasteiger partial charge in [-0.1, -0.05) is 6.07 Å². The molecule has 0 unspecified atom stereocenters. The Bertz CT molecular complexity index is 1040. The van der Waals surface area contributed by atoms with Crippen molar-refractivity contribution in [2.24, 2.45) is 0 Å². The number of benzene rings is 1. The van der Waals surface area contributed by atoms with Crippen LogP contribution in [0.15, 0.2) is 65.6 Å². The maximum atomic E-state index is 13.1. The highest BCUT2D eigenvalue weighted by Crippen LogP contribution is 2.16. The second-order valence-corrected chi connectivity index (χ2v) is 6.78. The zero-order valence-electron chi connectivity index (χ0n) is 15.7. The van der Waals surface area contributed by atoms with Crippen LogP contribution in [-0.4, -0.2) is 51.8 Å². The molecular formula is C21H20FN5O2. The number of carbonyl (C=O) groups is 1. The molecule has 29 heavy (non-hydrogen) atoms. The van der Waals surface area contributed by atoms with Gasteiger partial charge in [0.1, 0.15) is 18.2 Å². The van der Waals surface area contributed by atoms with E-state index >= 15 is 0 Å². The molecule has 3 aromatic rings. The van der Waals surface area contributed by atoms with E-state index in [-0.39, 0.29) is 23.8 Å². The molecule has 1 aliphatic heterocycles. The highest BCUT2D eigenvalue weighted by Gasteiger charge is 2.22. The molecule has 1 fully saturated rings. The first kappa shape index (κ1) is 18.8. The van der Waals surface area contributed by atoms with Crippen LogP contribution in [0, 0.1) is 5.82 Å². The molecule has 7 nitrogen and oxygen atoms in total. The summed E-state index contributed by atoms with van der Waals surface area (Å²) >= 11 is 0. The lowest BCUT2D eigenvalue weighted by Gasteiger charge is -2.35. The topological polar surface area (TPSA) is 71.3 Å². The molecule has 0 atom stereocenters. The largest absolute Gasteiger partial charge is 0.353 e. The number of nitrogens with zero attached hydrogens (tertiary/aromatic N) is 5. The Morgan fingerprint density at radius 3 is 2.41 bits per heavy atom. The molecule has 3 heterocycles. The van der Waals surface area contributed by atoms with Gasteiger partial charge in [-0.25, -0.2) is 14.1 Å². The standard InChI is InChI=1S/C21H20FN5O2/c22-17-6-4-16(5-7-17)18-8-9-20(28)27(24-18)15-21(29)26-13-11-25(12-14-26)19-3-1-2-10-23-19/h1-10H,11-15H2. The van der Waals surface area contributed by atoms with Crippen LogP contribution in [0.5, 0.6) is 0 Å². The van der Waals surface area contributed by atoms with Crippen LogP contribution in [0.2, 0.25) is 0 Å². The zero-order valence-corrected chi connectivity index (χ0v) is 15.7. The first-order valence-corrected chi connectivity index (χ1v) is 9.38. The number of halogens is 1. The van der Waals surface area contributed by atoms with Crippen molar-refractivity contribution in [1.29, 1.82) is 0 Å². The molecule has 8 heteroatoms. The van der Waals surface area contributed by atoms with Crippen molar-refractivity contribution < 1.29 is 9.18 Å². The van der Waals surface area contributed by atoms with Crippen molar-refractivity contribution in [2.45, 2.75) is 6.54 Å². The molecule has 148 valence electrons. The number of aromatic nitrogens is 3. The predicted octanol–water partition coefficient (Wildman–Crippen LogP) is 1.79. The van der Waals surface area contributed by atoms with Crippen LogP contribution < -0.4 is 10.5 Å². The van der Waals surface area contributed by atoms with Crippen LogP contribution in [0.1, 0.15) is 0 Å². The van der Waals surface area contributed by atoms with Crippen molar-refractivity contribution in [3.05, 3.63) is 77.0 Å². The summed E-state index contributed by atoms with van der Waals surface area (Å²) in [6.45, 7) is 2.35. The van der Waals surface area contributed by atoms with E-state index in [9.17, 15) is 14.0 Å². The van der Waals surface area contributed by atoms with E-state index in [2.05, 4.69) is 15.0 Å². The quantitative estimate of drug-likeness (QED) is 0.676. The van der Waals surface area contributed by atoms with E-state index in [0.29, 0.717) is 37.4 Å².